The Morgan fingerprint density at radius 1 is 1.00 bits per heavy atom. The summed E-state index contributed by atoms with van der Waals surface area (Å²) in [7, 11) is 0. The van der Waals surface area contributed by atoms with E-state index in [9.17, 15) is 0 Å². The Morgan fingerprint density at radius 3 is 1.18 bits per heavy atom. The summed E-state index contributed by atoms with van der Waals surface area (Å²) in [5, 5.41) is 0. The average Bonchev–Trinajstić information content (AvgIpc) is 1.92. The standard InChI is InChI=1S/C4H10O.C3H8.N3/c1-3-5-4-2;2*1-3-2/h3-4H2,1-2H3;3H2,1-2H3;/q;;-1. The maximum Gasteiger partial charge on any atom is 0.0437 e. The highest BCUT2D eigenvalue weighted by atomic mass is 16.5. The fourth-order valence-electron chi connectivity index (χ4n) is 0.204. The molecule has 4 nitrogen and oxygen atoms in total. The van der Waals surface area contributed by atoms with Crippen molar-refractivity contribution in [2.24, 2.45) is 0 Å². The van der Waals surface area contributed by atoms with Gasteiger partial charge < -0.3 is 15.8 Å². The molecule has 0 aliphatic carbocycles. The van der Waals surface area contributed by atoms with Gasteiger partial charge in [0, 0.05) is 13.2 Å². The SMILES string of the molecule is CCC.CCOCC.[N-]=[N+]=[N-]. The Balaban J connectivity index is -0.0000000933. The van der Waals surface area contributed by atoms with Crippen LogP contribution < -0.4 is 0 Å². The van der Waals surface area contributed by atoms with Crippen molar-refractivity contribution >= 4 is 0 Å². The molecule has 0 saturated heterocycles. The fraction of sp³-hybridized carbons (Fsp3) is 1.00. The van der Waals surface area contributed by atoms with Crippen molar-refractivity contribution in [3.8, 4) is 0 Å². The quantitative estimate of drug-likeness (QED) is 0.347. The molecule has 4 heteroatoms. The van der Waals surface area contributed by atoms with Crippen LogP contribution in [-0.2, 0) is 4.74 Å². The number of hydrogen-bond acceptors (Lipinski definition) is 1. The first-order chi connectivity index (χ1) is 5.24. The van der Waals surface area contributed by atoms with E-state index in [4.69, 9.17) is 15.8 Å². The second-order valence-electron chi connectivity index (χ2n) is 1.58. The third-order valence-electron chi connectivity index (χ3n) is 0.408. The van der Waals surface area contributed by atoms with Crippen LogP contribution in [0.25, 0.3) is 16.0 Å². The van der Waals surface area contributed by atoms with Gasteiger partial charge in [0.1, 0.15) is 0 Å². The molecule has 0 spiro atoms. The van der Waals surface area contributed by atoms with Gasteiger partial charge in [-0.15, -0.1) is 0 Å². The predicted octanol–water partition coefficient (Wildman–Crippen LogP) is 3.33. The smallest absolute Gasteiger partial charge is 0.0437 e. The van der Waals surface area contributed by atoms with Crippen molar-refractivity contribution in [3.05, 3.63) is 16.0 Å². The van der Waals surface area contributed by atoms with Crippen LogP contribution in [0, 0.1) is 0 Å². The van der Waals surface area contributed by atoms with Gasteiger partial charge in [0.05, 0.1) is 0 Å². The van der Waals surface area contributed by atoms with Crippen LogP contribution in [0.4, 0.5) is 0 Å². The van der Waals surface area contributed by atoms with Crippen LogP contribution in [0.1, 0.15) is 34.1 Å². The van der Waals surface area contributed by atoms with Gasteiger partial charge in [0.15, 0.2) is 0 Å². The summed E-state index contributed by atoms with van der Waals surface area (Å²) in [5.74, 6) is 0. The van der Waals surface area contributed by atoms with Crippen molar-refractivity contribution in [1.29, 1.82) is 0 Å². The zero-order chi connectivity index (χ0) is 9.54. The minimum Gasteiger partial charge on any atom is -0.382 e. The first kappa shape index (κ1) is 16.7. The van der Waals surface area contributed by atoms with Gasteiger partial charge >= 0.3 is 0 Å². The van der Waals surface area contributed by atoms with E-state index in [2.05, 4.69) is 13.8 Å². The highest BCUT2D eigenvalue weighted by Crippen LogP contribution is 1.64. The first-order valence-electron chi connectivity index (χ1n) is 3.81. The van der Waals surface area contributed by atoms with Crippen LogP contribution in [0.2, 0.25) is 0 Å². The lowest BCUT2D eigenvalue weighted by Crippen LogP contribution is -1.84. The normalized spacial score (nSPS) is 6.18. The molecule has 0 radical (unpaired) electrons. The van der Waals surface area contributed by atoms with Crippen LogP contribution in [0.15, 0.2) is 0 Å². The third-order valence-corrected chi connectivity index (χ3v) is 0.408. The molecular formula is C7H18N3O-. The highest BCUT2D eigenvalue weighted by molar-refractivity contribution is 4.36. The largest absolute Gasteiger partial charge is 0.382 e. The molecule has 0 unspecified atom stereocenters. The van der Waals surface area contributed by atoms with Gasteiger partial charge in [-0.2, -0.15) is 0 Å². The molecule has 0 fully saturated rings. The van der Waals surface area contributed by atoms with E-state index < -0.39 is 0 Å². The zero-order valence-electron chi connectivity index (χ0n) is 7.87. The fourth-order valence-corrected chi connectivity index (χ4v) is 0.204. The minimum absolute atomic E-state index is 0.844. The van der Waals surface area contributed by atoms with Gasteiger partial charge in [0.25, 0.3) is 0 Å². The van der Waals surface area contributed by atoms with E-state index in [1.807, 2.05) is 13.8 Å². The monoisotopic (exact) mass is 160 g/mol. The Labute approximate surface area is 69.0 Å². The second kappa shape index (κ2) is 34.8. The Kier molecular flexibility index (Phi) is 52.8. The summed E-state index contributed by atoms with van der Waals surface area (Å²) in [4.78, 5) is 1.50. The second-order valence-corrected chi connectivity index (χ2v) is 1.58. The molecule has 0 atom stereocenters. The maximum absolute atomic E-state index is 6.75. The van der Waals surface area contributed by atoms with Crippen LogP contribution in [0.5, 0.6) is 0 Å². The van der Waals surface area contributed by atoms with Crippen molar-refractivity contribution in [2.45, 2.75) is 34.1 Å². The molecular weight excluding hydrogens is 142 g/mol. The van der Waals surface area contributed by atoms with E-state index >= 15 is 0 Å². The Bertz CT molecular complexity index is 68.1. The number of nitrogens with zero attached hydrogens (tertiary/aromatic N) is 3. The van der Waals surface area contributed by atoms with Crippen molar-refractivity contribution < 1.29 is 4.74 Å². The lowest BCUT2D eigenvalue weighted by Gasteiger charge is -1.86. The van der Waals surface area contributed by atoms with Crippen LogP contribution >= 0.6 is 0 Å². The molecule has 0 aromatic heterocycles. The molecule has 68 valence electrons. The van der Waals surface area contributed by atoms with Gasteiger partial charge in [-0.1, -0.05) is 20.3 Å². The van der Waals surface area contributed by atoms with Crippen molar-refractivity contribution in [1.82, 2.24) is 0 Å². The Morgan fingerprint density at radius 2 is 1.18 bits per heavy atom. The molecule has 0 aliphatic rings. The molecule has 0 rings (SSSR count). The molecule has 0 amide bonds. The molecule has 0 aliphatic heterocycles. The van der Waals surface area contributed by atoms with E-state index in [1.165, 1.54) is 11.3 Å². The van der Waals surface area contributed by atoms with E-state index in [-0.39, 0.29) is 0 Å². The summed E-state index contributed by atoms with van der Waals surface area (Å²) in [5.41, 5.74) is 13.5. The molecule has 0 heterocycles. The summed E-state index contributed by atoms with van der Waals surface area (Å²) in [6.45, 7) is 9.92. The number of hydrogen-bond donors (Lipinski definition) is 0. The van der Waals surface area contributed by atoms with Gasteiger partial charge in [-0.3, -0.25) is 4.91 Å². The lowest BCUT2D eigenvalue weighted by atomic mass is 10.6. The molecule has 0 aromatic rings. The zero-order valence-corrected chi connectivity index (χ0v) is 7.87. The summed E-state index contributed by atoms with van der Waals surface area (Å²) in [6, 6.07) is 0. The van der Waals surface area contributed by atoms with Gasteiger partial charge in [0.2, 0.25) is 0 Å². The van der Waals surface area contributed by atoms with Crippen molar-refractivity contribution in [3.63, 3.8) is 0 Å². The molecule has 0 bridgehead atoms. The molecule has 0 aromatic carbocycles. The maximum atomic E-state index is 6.75. The van der Waals surface area contributed by atoms with Gasteiger partial charge in [-0.05, 0) is 13.8 Å². The van der Waals surface area contributed by atoms with Crippen molar-refractivity contribution in [2.75, 3.05) is 13.2 Å². The van der Waals surface area contributed by atoms with E-state index in [0.29, 0.717) is 0 Å². The topological polar surface area (TPSA) is 67.9 Å². The lowest BCUT2D eigenvalue weighted by molar-refractivity contribution is 0.162. The van der Waals surface area contributed by atoms with Crippen LogP contribution in [0.3, 0.4) is 0 Å². The van der Waals surface area contributed by atoms with Gasteiger partial charge in [-0.25, -0.2) is 0 Å². The third kappa shape index (κ3) is 304. The summed E-state index contributed by atoms with van der Waals surface area (Å²) < 4.78 is 4.83. The minimum atomic E-state index is 0.844. The summed E-state index contributed by atoms with van der Waals surface area (Å²) >= 11 is 0. The molecule has 0 N–H and O–H groups in total. The predicted molar refractivity (Wildman–Crippen MR) is 48.2 cm³/mol. The number of rotatable bonds is 2. The van der Waals surface area contributed by atoms with E-state index in [1.54, 1.807) is 0 Å². The Hall–Kier alpha value is -0.730. The van der Waals surface area contributed by atoms with E-state index in [0.717, 1.165) is 13.2 Å². The highest BCUT2D eigenvalue weighted by Gasteiger charge is 1.64. The summed E-state index contributed by atoms with van der Waals surface area (Å²) in [6.07, 6.45) is 1.25. The molecule has 0 saturated carbocycles. The van der Waals surface area contributed by atoms with Crippen LogP contribution in [-0.4, -0.2) is 13.2 Å². The number of ether oxygens (including phenoxy) is 1. The molecule has 11 heavy (non-hydrogen) atoms. The average molecular weight is 160 g/mol. The first-order valence-corrected chi connectivity index (χ1v) is 3.81.